The zero-order valence-corrected chi connectivity index (χ0v) is 19.9. The summed E-state index contributed by atoms with van der Waals surface area (Å²) in [5.74, 6) is 1.84. The molecule has 1 aliphatic carbocycles. The van der Waals surface area contributed by atoms with Gasteiger partial charge < -0.3 is 9.64 Å². The van der Waals surface area contributed by atoms with Crippen LogP contribution in [0.2, 0.25) is 0 Å². The van der Waals surface area contributed by atoms with Crippen molar-refractivity contribution in [1.29, 1.82) is 0 Å². The van der Waals surface area contributed by atoms with Crippen molar-refractivity contribution in [2.75, 3.05) is 30.9 Å². The first-order valence-corrected chi connectivity index (χ1v) is 13.6. The normalized spacial score (nSPS) is 22.8. The third-order valence-electron chi connectivity index (χ3n) is 6.84. The standard InChI is InChI=1S/C24H34N4O3S/c1-3-18-14-26-24(27-15-18)28-12-10-19(11-13-28)17-31-21-6-4-20(5-7-21)23-9-8-22(16-25-23)32(2,29)30/h8-9,14-16,19-21H,3-7,10-13,17H2,1-2H3. The lowest BCUT2D eigenvalue weighted by Crippen LogP contribution is -2.36. The molecule has 2 aromatic rings. The molecule has 174 valence electrons. The Hall–Kier alpha value is -2.06. The van der Waals surface area contributed by atoms with Gasteiger partial charge in [-0.05, 0) is 68.6 Å². The molecular weight excluding hydrogens is 424 g/mol. The van der Waals surface area contributed by atoms with Crippen molar-refractivity contribution >= 4 is 15.8 Å². The zero-order chi connectivity index (χ0) is 22.6. The molecule has 0 spiro atoms. The van der Waals surface area contributed by atoms with E-state index in [0.29, 0.717) is 17.9 Å². The van der Waals surface area contributed by atoms with Gasteiger partial charge in [0.2, 0.25) is 5.95 Å². The molecule has 3 heterocycles. The second-order valence-corrected chi connectivity index (χ2v) is 11.2. The third-order valence-corrected chi connectivity index (χ3v) is 7.94. The van der Waals surface area contributed by atoms with Crippen LogP contribution in [-0.2, 0) is 21.0 Å². The van der Waals surface area contributed by atoms with Gasteiger partial charge in [-0.15, -0.1) is 0 Å². The highest BCUT2D eigenvalue weighted by Gasteiger charge is 2.26. The van der Waals surface area contributed by atoms with Gasteiger partial charge >= 0.3 is 0 Å². The quantitative estimate of drug-likeness (QED) is 0.624. The van der Waals surface area contributed by atoms with Crippen molar-refractivity contribution in [3.8, 4) is 0 Å². The summed E-state index contributed by atoms with van der Waals surface area (Å²) in [6.45, 7) is 4.92. The Morgan fingerprint density at radius 1 is 0.969 bits per heavy atom. The topological polar surface area (TPSA) is 85.3 Å². The second kappa shape index (κ2) is 10.3. The molecule has 32 heavy (non-hydrogen) atoms. The molecule has 0 unspecified atom stereocenters. The van der Waals surface area contributed by atoms with Gasteiger partial charge in [-0.25, -0.2) is 18.4 Å². The first-order valence-electron chi connectivity index (χ1n) is 11.8. The molecular formula is C24H34N4O3S. The first-order chi connectivity index (χ1) is 15.4. The summed E-state index contributed by atoms with van der Waals surface area (Å²) in [7, 11) is -3.19. The maximum absolute atomic E-state index is 11.6. The number of piperidine rings is 1. The molecule has 0 amide bonds. The molecule has 2 aliphatic rings. The summed E-state index contributed by atoms with van der Waals surface area (Å²) >= 11 is 0. The van der Waals surface area contributed by atoms with Gasteiger partial charge in [-0.1, -0.05) is 6.92 Å². The van der Waals surface area contributed by atoms with Crippen LogP contribution in [0.4, 0.5) is 5.95 Å². The Morgan fingerprint density at radius 2 is 1.66 bits per heavy atom. The van der Waals surface area contributed by atoms with Gasteiger partial charge in [0.1, 0.15) is 0 Å². The third kappa shape index (κ3) is 5.84. The Bertz CT molecular complexity index is 963. The highest BCUT2D eigenvalue weighted by atomic mass is 32.2. The number of rotatable bonds is 7. The summed E-state index contributed by atoms with van der Waals surface area (Å²) < 4.78 is 29.5. The number of aryl methyl sites for hydroxylation is 1. The average Bonchev–Trinajstić information content (AvgIpc) is 2.83. The van der Waals surface area contributed by atoms with E-state index in [1.54, 1.807) is 6.07 Å². The van der Waals surface area contributed by atoms with E-state index in [1.807, 2.05) is 18.5 Å². The second-order valence-electron chi connectivity index (χ2n) is 9.17. The molecule has 2 aromatic heterocycles. The molecule has 0 atom stereocenters. The molecule has 4 rings (SSSR count). The molecule has 0 N–H and O–H groups in total. The number of hydrogen-bond acceptors (Lipinski definition) is 7. The molecule has 1 saturated carbocycles. The highest BCUT2D eigenvalue weighted by Crippen LogP contribution is 2.34. The van der Waals surface area contributed by atoms with Crippen molar-refractivity contribution in [2.24, 2.45) is 5.92 Å². The van der Waals surface area contributed by atoms with Crippen molar-refractivity contribution < 1.29 is 13.2 Å². The number of pyridine rings is 1. The Morgan fingerprint density at radius 3 is 2.22 bits per heavy atom. The van der Waals surface area contributed by atoms with E-state index in [0.717, 1.165) is 76.3 Å². The SMILES string of the molecule is CCc1cnc(N2CCC(COC3CCC(c4ccc(S(C)(=O)=O)cn4)CC3)CC2)nc1. The molecule has 2 fully saturated rings. The van der Waals surface area contributed by atoms with E-state index in [4.69, 9.17) is 4.74 Å². The molecule has 1 saturated heterocycles. The van der Waals surface area contributed by atoms with Crippen molar-refractivity contribution in [3.63, 3.8) is 0 Å². The summed E-state index contributed by atoms with van der Waals surface area (Å²) in [5, 5.41) is 0. The van der Waals surface area contributed by atoms with Gasteiger partial charge in [0.25, 0.3) is 0 Å². The molecule has 8 heteroatoms. The monoisotopic (exact) mass is 458 g/mol. The lowest BCUT2D eigenvalue weighted by Gasteiger charge is -2.34. The maximum Gasteiger partial charge on any atom is 0.225 e. The van der Waals surface area contributed by atoms with Crippen LogP contribution in [-0.4, -0.2) is 55.4 Å². The van der Waals surface area contributed by atoms with Gasteiger partial charge in [0.05, 0.1) is 11.0 Å². The predicted molar refractivity (Wildman–Crippen MR) is 125 cm³/mol. The van der Waals surface area contributed by atoms with E-state index in [9.17, 15) is 8.42 Å². The molecule has 0 aromatic carbocycles. The fourth-order valence-corrected chi connectivity index (χ4v) is 5.20. The fraction of sp³-hybridized carbons (Fsp3) is 0.625. The van der Waals surface area contributed by atoms with Crippen LogP contribution < -0.4 is 4.90 Å². The van der Waals surface area contributed by atoms with E-state index in [2.05, 4.69) is 26.8 Å². The zero-order valence-electron chi connectivity index (χ0n) is 19.1. The number of sulfone groups is 1. The molecule has 0 bridgehead atoms. The summed E-state index contributed by atoms with van der Waals surface area (Å²) in [6, 6.07) is 3.55. The van der Waals surface area contributed by atoms with Gasteiger partial charge in [0, 0.05) is 56.2 Å². The first kappa shape index (κ1) is 23.1. The van der Waals surface area contributed by atoms with Crippen LogP contribution in [0.3, 0.4) is 0 Å². The van der Waals surface area contributed by atoms with Gasteiger partial charge in [0.15, 0.2) is 9.84 Å². The van der Waals surface area contributed by atoms with Crippen molar-refractivity contribution in [1.82, 2.24) is 15.0 Å². The van der Waals surface area contributed by atoms with Gasteiger partial charge in [-0.2, -0.15) is 0 Å². The lowest BCUT2D eigenvalue weighted by molar-refractivity contribution is 0.000365. The van der Waals surface area contributed by atoms with Crippen LogP contribution in [0.15, 0.2) is 35.6 Å². The van der Waals surface area contributed by atoms with E-state index in [-0.39, 0.29) is 4.90 Å². The smallest absolute Gasteiger partial charge is 0.225 e. The Balaban J connectivity index is 1.18. The van der Waals surface area contributed by atoms with E-state index in [1.165, 1.54) is 18.0 Å². The van der Waals surface area contributed by atoms with Crippen LogP contribution in [0.5, 0.6) is 0 Å². The molecule has 1 aliphatic heterocycles. The largest absolute Gasteiger partial charge is 0.378 e. The number of ether oxygens (including phenoxy) is 1. The molecule has 7 nitrogen and oxygen atoms in total. The summed E-state index contributed by atoms with van der Waals surface area (Å²) in [6.07, 6.45) is 14.3. The fourth-order valence-electron chi connectivity index (χ4n) is 4.64. The van der Waals surface area contributed by atoms with E-state index < -0.39 is 9.84 Å². The summed E-state index contributed by atoms with van der Waals surface area (Å²) in [5.41, 5.74) is 2.17. The minimum atomic E-state index is -3.19. The number of nitrogens with zero attached hydrogens (tertiary/aromatic N) is 4. The number of hydrogen-bond donors (Lipinski definition) is 0. The van der Waals surface area contributed by atoms with Crippen LogP contribution in [0.25, 0.3) is 0 Å². The minimum Gasteiger partial charge on any atom is -0.378 e. The Labute approximate surface area is 191 Å². The van der Waals surface area contributed by atoms with Crippen molar-refractivity contribution in [3.05, 3.63) is 42.0 Å². The Kier molecular flexibility index (Phi) is 7.40. The number of anilines is 1. The minimum absolute atomic E-state index is 0.286. The predicted octanol–water partition coefficient (Wildman–Crippen LogP) is 3.80. The highest BCUT2D eigenvalue weighted by molar-refractivity contribution is 7.90. The van der Waals surface area contributed by atoms with Crippen LogP contribution in [0.1, 0.15) is 62.6 Å². The van der Waals surface area contributed by atoms with Crippen LogP contribution in [0, 0.1) is 5.92 Å². The van der Waals surface area contributed by atoms with Crippen molar-refractivity contribution in [2.45, 2.75) is 68.8 Å². The maximum atomic E-state index is 11.6. The van der Waals surface area contributed by atoms with E-state index >= 15 is 0 Å². The average molecular weight is 459 g/mol. The number of aromatic nitrogens is 3. The molecule has 0 radical (unpaired) electrons. The lowest BCUT2D eigenvalue weighted by atomic mass is 9.85. The van der Waals surface area contributed by atoms with Crippen LogP contribution >= 0.6 is 0 Å². The van der Waals surface area contributed by atoms with Gasteiger partial charge in [-0.3, -0.25) is 4.98 Å². The summed E-state index contributed by atoms with van der Waals surface area (Å²) in [4.78, 5) is 16.0.